The van der Waals surface area contributed by atoms with Crippen LogP contribution in [0.15, 0.2) is 42.5 Å². The van der Waals surface area contributed by atoms with Crippen molar-refractivity contribution in [2.45, 2.75) is 18.9 Å². The second-order valence-corrected chi connectivity index (χ2v) is 5.67. The molecule has 0 aromatic heterocycles. The van der Waals surface area contributed by atoms with Gasteiger partial charge in [-0.1, -0.05) is 6.07 Å². The average Bonchev–Trinajstić information content (AvgIpc) is 3.07. The lowest BCUT2D eigenvalue weighted by Gasteiger charge is -2.15. The smallest absolute Gasteiger partial charge is 0.255 e. The van der Waals surface area contributed by atoms with Crippen LogP contribution in [0.25, 0.3) is 0 Å². The highest BCUT2D eigenvalue weighted by Crippen LogP contribution is 2.27. The molecule has 126 valence electrons. The van der Waals surface area contributed by atoms with Crippen molar-refractivity contribution < 1.29 is 18.7 Å². The minimum Gasteiger partial charge on any atom is -0.489 e. The molecule has 1 fully saturated rings. The second-order valence-electron chi connectivity index (χ2n) is 5.67. The van der Waals surface area contributed by atoms with Crippen LogP contribution >= 0.6 is 0 Å². The molecule has 5 nitrogen and oxygen atoms in total. The summed E-state index contributed by atoms with van der Waals surface area (Å²) in [5.74, 6) is -0.429. The van der Waals surface area contributed by atoms with Crippen molar-refractivity contribution in [3.63, 3.8) is 0 Å². The Hall–Kier alpha value is -2.60. The van der Waals surface area contributed by atoms with E-state index in [4.69, 9.17) is 15.2 Å². The summed E-state index contributed by atoms with van der Waals surface area (Å²) >= 11 is 0. The van der Waals surface area contributed by atoms with Crippen LogP contribution in [0, 0.1) is 5.82 Å². The summed E-state index contributed by atoms with van der Waals surface area (Å²) in [6.45, 7) is 1.10. The summed E-state index contributed by atoms with van der Waals surface area (Å²) in [6, 6.07) is 10.6. The Morgan fingerprint density at radius 2 is 2.21 bits per heavy atom. The average molecular weight is 330 g/mol. The molecule has 1 aliphatic heterocycles. The zero-order valence-corrected chi connectivity index (χ0v) is 13.1. The molecule has 24 heavy (non-hydrogen) atoms. The first-order valence-electron chi connectivity index (χ1n) is 7.82. The number of rotatable bonds is 5. The van der Waals surface area contributed by atoms with Crippen LogP contribution in [-0.2, 0) is 4.74 Å². The van der Waals surface area contributed by atoms with Crippen LogP contribution in [0.5, 0.6) is 5.75 Å². The molecule has 1 aliphatic rings. The molecule has 1 atom stereocenters. The summed E-state index contributed by atoms with van der Waals surface area (Å²) in [5, 5.41) is 2.67. The van der Waals surface area contributed by atoms with Crippen LogP contribution in [0.4, 0.5) is 15.8 Å². The van der Waals surface area contributed by atoms with Gasteiger partial charge in [0.05, 0.1) is 11.8 Å². The molecule has 3 rings (SSSR count). The fraction of sp³-hybridized carbons (Fsp3) is 0.278. The maximum atomic E-state index is 13.6. The minimum absolute atomic E-state index is 0.0347. The van der Waals surface area contributed by atoms with Gasteiger partial charge in [0.2, 0.25) is 0 Å². The molecular weight excluding hydrogens is 311 g/mol. The lowest BCUT2D eigenvalue weighted by Crippen LogP contribution is -2.18. The molecule has 2 aromatic rings. The van der Waals surface area contributed by atoms with Crippen molar-refractivity contribution in [3.8, 4) is 5.75 Å². The summed E-state index contributed by atoms with van der Waals surface area (Å²) in [4.78, 5) is 12.3. The van der Waals surface area contributed by atoms with E-state index >= 15 is 0 Å². The molecule has 6 heteroatoms. The molecule has 3 N–H and O–H groups in total. The van der Waals surface area contributed by atoms with Gasteiger partial charge < -0.3 is 20.5 Å². The zero-order valence-electron chi connectivity index (χ0n) is 13.1. The summed E-state index contributed by atoms with van der Waals surface area (Å²) in [7, 11) is 0. The van der Waals surface area contributed by atoms with Gasteiger partial charge in [0.1, 0.15) is 18.2 Å². The highest BCUT2D eigenvalue weighted by molar-refractivity contribution is 6.05. The Morgan fingerprint density at radius 3 is 2.96 bits per heavy atom. The van der Waals surface area contributed by atoms with E-state index in [0.29, 0.717) is 23.6 Å². The number of benzene rings is 2. The number of halogens is 1. The number of carbonyl (C=O) groups is 1. The Kier molecular flexibility index (Phi) is 4.96. The number of nitrogens with two attached hydrogens (primary N) is 1. The van der Waals surface area contributed by atoms with Crippen molar-refractivity contribution in [3.05, 3.63) is 53.8 Å². The fourth-order valence-electron chi connectivity index (χ4n) is 2.56. The fourth-order valence-corrected chi connectivity index (χ4v) is 2.56. The summed E-state index contributed by atoms with van der Waals surface area (Å²) < 4.78 is 24.8. The predicted molar refractivity (Wildman–Crippen MR) is 89.7 cm³/mol. The highest BCUT2D eigenvalue weighted by Gasteiger charge is 2.18. The molecule has 0 bridgehead atoms. The largest absolute Gasteiger partial charge is 0.489 e. The highest BCUT2D eigenvalue weighted by atomic mass is 19.1. The number of nitrogen functional groups attached to an aromatic ring is 1. The quantitative estimate of drug-likeness (QED) is 0.826. The van der Waals surface area contributed by atoms with Gasteiger partial charge in [0.25, 0.3) is 5.91 Å². The number of hydrogen-bond donors (Lipinski definition) is 2. The Morgan fingerprint density at radius 1 is 1.33 bits per heavy atom. The minimum atomic E-state index is -0.456. The van der Waals surface area contributed by atoms with Gasteiger partial charge in [0.15, 0.2) is 0 Å². The molecule has 1 heterocycles. The SMILES string of the molecule is Nc1cccc(C(=O)Nc2cc(F)ccc2OCC2CCCO2)c1. The van der Waals surface area contributed by atoms with E-state index in [-0.39, 0.29) is 17.7 Å². The van der Waals surface area contributed by atoms with Crippen LogP contribution in [0.2, 0.25) is 0 Å². The summed E-state index contributed by atoms with van der Waals surface area (Å²) in [6.07, 6.45) is 1.98. The van der Waals surface area contributed by atoms with E-state index in [0.717, 1.165) is 19.4 Å². The zero-order chi connectivity index (χ0) is 16.9. The van der Waals surface area contributed by atoms with Crippen molar-refractivity contribution in [1.29, 1.82) is 0 Å². The molecule has 0 spiro atoms. The third-order valence-electron chi connectivity index (χ3n) is 3.79. The van der Waals surface area contributed by atoms with Crippen LogP contribution in [0.3, 0.4) is 0 Å². The van der Waals surface area contributed by atoms with Gasteiger partial charge in [-0.15, -0.1) is 0 Å². The molecule has 0 saturated carbocycles. The number of anilines is 2. The molecular formula is C18H19FN2O3. The topological polar surface area (TPSA) is 73.6 Å². The first-order valence-corrected chi connectivity index (χ1v) is 7.82. The van der Waals surface area contributed by atoms with Crippen molar-refractivity contribution in [2.24, 2.45) is 0 Å². The van der Waals surface area contributed by atoms with E-state index in [1.165, 1.54) is 18.2 Å². The number of nitrogens with one attached hydrogen (secondary N) is 1. The summed E-state index contributed by atoms with van der Waals surface area (Å²) in [5.41, 5.74) is 6.84. The molecule has 0 aliphatic carbocycles. The van der Waals surface area contributed by atoms with Crippen molar-refractivity contribution >= 4 is 17.3 Å². The van der Waals surface area contributed by atoms with Crippen LogP contribution in [0.1, 0.15) is 23.2 Å². The van der Waals surface area contributed by atoms with Gasteiger partial charge in [0, 0.05) is 23.9 Å². The number of ether oxygens (including phenoxy) is 2. The second kappa shape index (κ2) is 7.31. The van der Waals surface area contributed by atoms with Crippen LogP contribution in [-0.4, -0.2) is 25.2 Å². The molecule has 2 aromatic carbocycles. The number of hydrogen-bond acceptors (Lipinski definition) is 4. The number of amides is 1. The standard InChI is InChI=1S/C18H19FN2O3/c19-13-6-7-17(24-11-15-5-2-8-23-15)16(10-13)21-18(22)12-3-1-4-14(20)9-12/h1,3-4,6-7,9-10,15H,2,5,8,11,20H2,(H,21,22). The Balaban J connectivity index is 1.73. The maximum absolute atomic E-state index is 13.6. The Labute approximate surface area is 139 Å². The van der Waals surface area contributed by atoms with Gasteiger partial charge in [-0.2, -0.15) is 0 Å². The monoisotopic (exact) mass is 330 g/mol. The predicted octanol–water partition coefficient (Wildman–Crippen LogP) is 3.22. The Bertz CT molecular complexity index is 730. The first-order chi connectivity index (χ1) is 11.6. The van der Waals surface area contributed by atoms with Crippen molar-refractivity contribution in [1.82, 2.24) is 0 Å². The molecule has 1 amide bonds. The van der Waals surface area contributed by atoms with E-state index in [1.807, 2.05) is 0 Å². The maximum Gasteiger partial charge on any atom is 0.255 e. The molecule has 1 unspecified atom stereocenters. The third kappa shape index (κ3) is 4.02. The first kappa shape index (κ1) is 16.3. The van der Waals surface area contributed by atoms with E-state index in [1.54, 1.807) is 24.3 Å². The van der Waals surface area contributed by atoms with Gasteiger partial charge in [-0.25, -0.2) is 4.39 Å². The van der Waals surface area contributed by atoms with Gasteiger partial charge in [-0.05, 0) is 43.2 Å². The normalized spacial score (nSPS) is 16.8. The van der Waals surface area contributed by atoms with Crippen LogP contribution < -0.4 is 15.8 Å². The molecule has 1 saturated heterocycles. The lowest BCUT2D eigenvalue weighted by molar-refractivity contribution is 0.0681. The van der Waals surface area contributed by atoms with E-state index in [2.05, 4.69) is 5.32 Å². The molecule has 0 radical (unpaired) electrons. The van der Waals surface area contributed by atoms with Gasteiger partial charge >= 0.3 is 0 Å². The third-order valence-corrected chi connectivity index (χ3v) is 3.79. The lowest BCUT2D eigenvalue weighted by atomic mass is 10.2. The van der Waals surface area contributed by atoms with Crippen molar-refractivity contribution in [2.75, 3.05) is 24.3 Å². The van der Waals surface area contributed by atoms with E-state index < -0.39 is 5.82 Å². The van der Waals surface area contributed by atoms with E-state index in [9.17, 15) is 9.18 Å². The van der Waals surface area contributed by atoms with Gasteiger partial charge in [-0.3, -0.25) is 4.79 Å². The number of carbonyl (C=O) groups excluding carboxylic acids is 1.